The van der Waals surface area contributed by atoms with Crippen LogP contribution in [0.3, 0.4) is 0 Å². The van der Waals surface area contributed by atoms with Crippen LogP contribution in [0.15, 0.2) is 23.4 Å². The molecule has 1 aromatic carbocycles. The predicted molar refractivity (Wildman–Crippen MR) is 49.9 cm³/mol. The first-order valence-corrected chi connectivity index (χ1v) is 3.72. The topological polar surface area (TPSA) is 87.3 Å². The molecule has 2 aromatic rings. The first kappa shape index (κ1) is 7.60. The largest absolute Gasteiger partial charge is 0.411 e. The van der Waals surface area contributed by atoms with Crippen molar-refractivity contribution in [2.75, 3.05) is 5.73 Å². The number of nitrogens with zero attached hydrogens (tertiary/aromatic N) is 2. The lowest BCUT2D eigenvalue weighted by Crippen LogP contribution is -1.84. The first-order chi connectivity index (χ1) is 6.31. The molecule has 0 atom stereocenters. The molecule has 0 radical (unpaired) electrons. The molecule has 0 spiro atoms. The Labute approximate surface area is 73.9 Å². The van der Waals surface area contributed by atoms with E-state index in [1.165, 1.54) is 6.21 Å². The molecule has 5 heteroatoms. The van der Waals surface area contributed by atoms with Crippen molar-refractivity contribution in [2.45, 2.75) is 0 Å². The molecule has 1 aromatic heterocycles. The fourth-order valence-electron chi connectivity index (χ4n) is 1.21. The fourth-order valence-corrected chi connectivity index (χ4v) is 1.21. The molecular formula is C8H8N4O. The van der Waals surface area contributed by atoms with E-state index >= 15 is 0 Å². The third kappa shape index (κ3) is 1.20. The van der Waals surface area contributed by atoms with Crippen LogP contribution in [0.1, 0.15) is 5.56 Å². The molecule has 4 N–H and O–H groups in total. The van der Waals surface area contributed by atoms with Gasteiger partial charge in [-0.2, -0.15) is 5.10 Å². The molecule has 1 heterocycles. The van der Waals surface area contributed by atoms with Gasteiger partial charge < -0.3 is 10.9 Å². The van der Waals surface area contributed by atoms with Crippen LogP contribution in [-0.2, 0) is 0 Å². The lowest BCUT2D eigenvalue weighted by atomic mass is 10.2. The van der Waals surface area contributed by atoms with Crippen molar-refractivity contribution in [1.82, 2.24) is 10.2 Å². The molecule has 0 aliphatic rings. The van der Waals surface area contributed by atoms with Crippen molar-refractivity contribution in [3.05, 3.63) is 23.8 Å². The summed E-state index contributed by atoms with van der Waals surface area (Å²) in [6.45, 7) is 0. The van der Waals surface area contributed by atoms with Crippen LogP contribution in [-0.4, -0.2) is 21.6 Å². The van der Waals surface area contributed by atoms with Crippen LogP contribution in [0.5, 0.6) is 0 Å². The van der Waals surface area contributed by atoms with Crippen LogP contribution < -0.4 is 5.73 Å². The van der Waals surface area contributed by atoms with Crippen molar-refractivity contribution in [3.8, 4) is 0 Å². The summed E-state index contributed by atoms with van der Waals surface area (Å²) in [5.74, 6) is 0.475. The van der Waals surface area contributed by atoms with Crippen molar-refractivity contribution in [1.29, 1.82) is 0 Å². The Kier molecular flexibility index (Phi) is 1.63. The van der Waals surface area contributed by atoms with Crippen molar-refractivity contribution >= 4 is 22.9 Å². The number of H-pyrrole nitrogens is 1. The van der Waals surface area contributed by atoms with E-state index in [0.29, 0.717) is 5.82 Å². The molecule has 2 rings (SSSR count). The van der Waals surface area contributed by atoms with Gasteiger partial charge >= 0.3 is 0 Å². The maximum Gasteiger partial charge on any atom is 0.153 e. The predicted octanol–water partition coefficient (Wildman–Crippen LogP) is 0.953. The van der Waals surface area contributed by atoms with Gasteiger partial charge in [-0.05, 0) is 17.7 Å². The van der Waals surface area contributed by atoms with Crippen LogP contribution in [0, 0.1) is 0 Å². The smallest absolute Gasteiger partial charge is 0.153 e. The van der Waals surface area contributed by atoms with E-state index in [1.807, 2.05) is 6.07 Å². The second-order valence-electron chi connectivity index (χ2n) is 2.66. The van der Waals surface area contributed by atoms with Crippen molar-refractivity contribution in [2.24, 2.45) is 5.16 Å². The number of hydrogen-bond donors (Lipinski definition) is 3. The molecule has 0 aliphatic carbocycles. The minimum absolute atomic E-state index is 0.475. The maximum absolute atomic E-state index is 8.32. The number of hydrogen-bond acceptors (Lipinski definition) is 4. The quantitative estimate of drug-likeness (QED) is 0.343. The molecule has 66 valence electrons. The highest BCUT2D eigenvalue weighted by Gasteiger charge is 2.00. The molecule has 0 bridgehead atoms. The van der Waals surface area contributed by atoms with Gasteiger partial charge in [-0.1, -0.05) is 11.2 Å². The highest BCUT2D eigenvalue weighted by Crippen LogP contribution is 2.17. The zero-order chi connectivity index (χ0) is 9.26. The maximum atomic E-state index is 8.32. The molecule has 0 unspecified atom stereocenters. The lowest BCUT2D eigenvalue weighted by molar-refractivity contribution is 0.322. The third-order valence-corrected chi connectivity index (χ3v) is 1.82. The van der Waals surface area contributed by atoms with Gasteiger partial charge in [-0.25, -0.2) is 0 Å². The Hall–Kier alpha value is -2.04. The summed E-state index contributed by atoms with van der Waals surface area (Å²) >= 11 is 0. The molecule has 0 saturated carbocycles. The number of rotatable bonds is 1. The Morgan fingerprint density at radius 3 is 3.15 bits per heavy atom. The monoisotopic (exact) mass is 176 g/mol. The van der Waals surface area contributed by atoms with Crippen LogP contribution in [0.2, 0.25) is 0 Å². The van der Waals surface area contributed by atoms with Crippen molar-refractivity contribution in [3.63, 3.8) is 0 Å². The zero-order valence-electron chi connectivity index (χ0n) is 6.73. The van der Waals surface area contributed by atoms with Gasteiger partial charge in [0.1, 0.15) is 0 Å². The highest BCUT2D eigenvalue weighted by molar-refractivity contribution is 5.93. The number of nitrogens with two attached hydrogens (primary N) is 1. The number of nitrogen functional groups attached to an aromatic ring is 1. The summed E-state index contributed by atoms with van der Waals surface area (Å²) in [5.41, 5.74) is 7.19. The molecule has 0 aliphatic heterocycles. The fraction of sp³-hybridized carbons (Fsp3) is 0. The van der Waals surface area contributed by atoms with Gasteiger partial charge in [-0.15, -0.1) is 0 Å². The minimum atomic E-state index is 0.475. The van der Waals surface area contributed by atoms with Crippen molar-refractivity contribution < 1.29 is 5.21 Å². The van der Waals surface area contributed by atoms with Gasteiger partial charge in [0.15, 0.2) is 5.82 Å². The summed E-state index contributed by atoms with van der Waals surface area (Å²) in [7, 11) is 0. The number of anilines is 1. The summed E-state index contributed by atoms with van der Waals surface area (Å²) in [5, 5.41) is 18.7. The molecule has 0 fully saturated rings. The number of aromatic nitrogens is 2. The summed E-state index contributed by atoms with van der Waals surface area (Å²) in [6, 6.07) is 5.43. The van der Waals surface area contributed by atoms with Gasteiger partial charge in [0, 0.05) is 5.39 Å². The standard InChI is InChI=1S/C8H8N4O/c9-8-6-2-1-5(4-10-13)3-7(6)11-12-8/h1-4,13H,(H3,9,11,12)/b10-4+. The minimum Gasteiger partial charge on any atom is -0.411 e. The summed E-state index contributed by atoms with van der Waals surface area (Å²) < 4.78 is 0. The third-order valence-electron chi connectivity index (χ3n) is 1.82. The van der Waals surface area contributed by atoms with E-state index in [0.717, 1.165) is 16.5 Å². The lowest BCUT2D eigenvalue weighted by Gasteiger charge is -1.91. The van der Waals surface area contributed by atoms with E-state index in [4.69, 9.17) is 10.9 Å². The van der Waals surface area contributed by atoms with E-state index < -0.39 is 0 Å². The Bertz CT molecular complexity index is 460. The Morgan fingerprint density at radius 2 is 2.38 bits per heavy atom. The Balaban J connectivity index is 2.63. The van der Waals surface area contributed by atoms with Gasteiger partial charge in [-0.3, -0.25) is 5.10 Å². The second kappa shape index (κ2) is 2.78. The number of nitrogens with one attached hydrogen (secondary N) is 1. The summed E-state index contributed by atoms with van der Waals surface area (Å²) in [6.07, 6.45) is 1.34. The van der Waals surface area contributed by atoms with E-state index in [2.05, 4.69) is 15.4 Å². The first-order valence-electron chi connectivity index (χ1n) is 3.72. The molecule has 0 saturated heterocycles. The molecule has 13 heavy (non-hydrogen) atoms. The van der Waals surface area contributed by atoms with Crippen LogP contribution >= 0.6 is 0 Å². The number of benzene rings is 1. The normalized spacial score (nSPS) is 11.4. The zero-order valence-corrected chi connectivity index (χ0v) is 6.73. The van der Waals surface area contributed by atoms with Gasteiger partial charge in [0.05, 0.1) is 11.7 Å². The highest BCUT2D eigenvalue weighted by atomic mass is 16.4. The molecular weight excluding hydrogens is 168 g/mol. The number of oxime groups is 1. The Morgan fingerprint density at radius 1 is 1.54 bits per heavy atom. The van der Waals surface area contributed by atoms with Gasteiger partial charge in [0.2, 0.25) is 0 Å². The average molecular weight is 176 g/mol. The van der Waals surface area contributed by atoms with E-state index in [9.17, 15) is 0 Å². The summed E-state index contributed by atoms with van der Waals surface area (Å²) in [4.78, 5) is 0. The van der Waals surface area contributed by atoms with Gasteiger partial charge in [0.25, 0.3) is 0 Å². The number of aromatic amines is 1. The average Bonchev–Trinajstić information content (AvgIpc) is 2.48. The molecule has 5 nitrogen and oxygen atoms in total. The SMILES string of the molecule is Nc1n[nH]c2cc(/C=N/O)ccc12. The second-order valence-corrected chi connectivity index (χ2v) is 2.66. The van der Waals surface area contributed by atoms with E-state index in [1.54, 1.807) is 12.1 Å². The number of fused-ring (bicyclic) bond motifs is 1. The van der Waals surface area contributed by atoms with Crippen LogP contribution in [0.4, 0.5) is 5.82 Å². The van der Waals surface area contributed by atoms with E-state index in [-0.39, 0.29) is 0 Å². The van der Waals surface area contributed by atoms with Crippen LogP contribution in [0.25, 0.3) is 10.9 Å². The molecule has 0 amide bonds.